The zero-order chi connectivity index (χ0) is 12.3. The Kier molecular flexibility index (Phi) is 12.9. The van der Waals surface area contributed by atoms with E-state index in [9.17, 15) is 0 Å². The first kappa shape index (κ1) is 17.8. The molecule has 0 saturated carbocycles. The van der Waals surface area contributed by atoms with E-state index in [1.165, 1.54) is 38.5 Å². The van der Waals surface area contributed by atoms with Gasteiger partial charge in [-0.05, 0) is 12.8 Å². The van der Waals surface area contributed by atoms with E-state index in [2.05, 4.69) is 13.8 Å². The number of alkyl halides is 1. The number of rotatable bonds is 6. The Morgan fingerprint density at radius 3 is 1.53 bits per heavy atom. The lowest BCUT2D eigenvalue weighted by Gasteiger charge is -2.06. The van der Waals surface area contributed by atoms with Crippen LogP contribution in [0.1, 0.15) is 52.4 Å². The molecule has 94 valence electrons. The topological polar surface area (TPSA) is 77.8 Å². The Hall–Kier alpha value is 0.400. The highest BCUT2D eigenvalue weighted by Crippen LogP contribution is 2.25. The lowest BCUT2D eigenvalue weighted by Crippen LogP contribution is -1.97. The summed E-state index contributed by atoms with van der Waals surface area (Å²) >= 11 is 6.04. The van der Waals surface area contributed by atoms with Crippen LogP contribution in [0.2, 0.25) is 0 Å². The van der Waals surface area contributed by atoms with Crippen molar-refractivity contribution in [3.8, 4) is 0 Å². The van der Waals surface area contributed by atoms with Crippen LogP contribution in [0.3, 0.4) is 0 Å². The van der Waals surface area contributed by atoms with Gasteiger partial charge in [0.05, 0.1) is 0 Å². The minimum atomic E-state index is -4.64. The van der Waals surface area contributed by atoms with E-state index in [0.29, 0.717) is 5.38 Å². The molecule has 0 aromatic rings. The monoisotopic (exact) mass is 260 g/mol. The molecule has 0 aliphatic carbocycles. The van der Waals surface area contributed by atoms with Gasteiger partial charge in [0.2, 0.25) is 0 Å². The Balaban J connectivity index is 0. The third kappa shape index (κ3) is 31.4. The molecule has 0 unspecified atom stereocenters. The highest BCUT2D eigenvalue weighted by Gasteiger charge is 2.01. The van der Waals surface area contributed by atoms with Crippen LogP contribution in [-0.4, -0.2) is 20.1 Å². The summed E-state index contributed by atoms with van der Waals surface area (Å²) in [5.74, 6) is 0. The molecule has 0 atom stereocenters. The van der Waals surface area contributed by atoms with E-state index in [-0.39, 0.29) is 0 Å². The number of hydrogen-bond acceptors (Lipinski definition) is 1. The second-order valence-electron chi connectivity index (χ2n) is 3.40. The molecule has 0 rings (SSSR count). The van der Waals surface area contributed by atoms with Crippen LogP contribution >= 0.6 is 19.4 Å². The third-order valence-electron chi connectivity index (χ3n) is 1.74. The van der Waals surface area contributed by atoms with Crippen molar-refractivity contribution in [2.75, 3.05) is 0 Å². The zero-order valence-corrected chi connectivity index (χ0v) is 11.0. The normalized spacial score (nSPS) is 11.1. The Morgan fingerprint density at radius 2 is 1.33 bits per heavy atom. The van der Waals surface area contributed by atoms with E-state index in [1.54, 1.807) is 0 Å². The predicted molar refractivity (Wildman–Crippen MR) is 63.0 cm³/mol. The summed E-state index contributed by atoms with van der Waals surface area (Å²) in [6, 6.07) is 0. The van der Waals surface area contributed by atoms with Crippen LogP contribution in [0.25, 0.3) is 0 Å². The maximum atomic E-state index is 8.88. The molecule has 0 heterocycles. The summed E-state index contributed by atoms with van der Waals surface area (Å²) in [6.45, 7) is 4.42. The van der Waals surface area contributed by atoms with Crippen LogP contribution in [0.15, 0.2) is 0 Å². The van der Waals surface area contributed by atoms with Gasteiger partial charge in [-0.15, -0.1) is 11.6 Å². The fourth-order valence-corrected chi connectivity index (χ4v) is 1.30. The van der Waals surface area contributed by atoms with Crippen LogP contribution in [-0.2, 0) is 4.57 Å². The molecule has 0 aliphatic heterocycles. The molecular formula is C9H22ClO4P. The molecule has 4 nitrogen and oxygen atoms in total. The van der Waals surface area contributed by atoms with Crippen molar-refractivity contribution in [2.45, 2.75) is 57.7 Å². The maximum Gasteiger partial charge on any atom is 0.466 e. The smallest absolute Gasteiger partial charge is 0.303 e. The lowest BCUT2D eigenvalue weighted by atomic mass is 10.1. The first-order valence-electron chi connectivity index (χ1n) is 5.23. The van der Waals surface area contributed by atoms with Crippen molar-refractivity contribution in [2.24, 2.45) is 0 Å². The minimum Gasteiger partial charge on any atom is -0.303 e. The molecule has 6 heteroatoms. The highest BCUT2D eigenvalue weighted by atomic mass is 35.5. The van der Waals surface area contributed by atoms with E-state index < -0.39 is 7.82 Å². The summed E-state index contributed by atoms with van der Waals surface area (Å²) < 4.78 is 8.88. The van der Waals surface area contributed by atoms with Crippen molar-refractivity contribution in [1.29, 1.82) is 0 Å². The molecule has 0 aromatic heterocycles. The molecule has 3 N–H and O–H groups in total. The summed E-state index contributed by atoms with van der Waals surface area (Å²) in [5, 5.41) is 0.444. The predicted octanol–water partition coefficient (Wildman–Crippen LogP) is 3.05. The average molecular weight is 261 g/mol. The minimum absolute atomic E-state index is 0.444. The van der Waals surface area contributed by atoms with Gasteiger partial charge in [0.15, 0.2) is 0 Å². The summed E-state index contributed by atoms with van der Waals surface area (Å²) in [6.07, 6.45) is 7.54. The molecule has 0 aromatic carbocycles. The molecule has 0 saturated heterocycles. The van der Waals surface area contributed by atoms with Gasteiger partial charge in [0, 0.05) is 5.38 Å². The zero-order valence-electron chi connectivity index (χ0n) is 9.40. The quantitative estimate of drug-likeness (QED) is 0.507. The molecule has 15 heavy (non-hydrogen) atoms. The second kappa shape index (κ2) is 10.9. The molecule has 0 spiro atoms. The van der Waals surface area contributed by atoms with Gasteiger partial charge in [-0.2, -0.15) is 0 Å². The molecule has 0 amide bonds. The summed E-state index contributed by atoms with van der Waals surface area (Å²) in [5.41, 5.74) is 0. The average Bonchev–Trinajstić information content (AvgIpc) is 2.08. The van der Waals surface area contributed by atoms with Gasteiger partial charge in [0.1, 0.15) is 0 Å². The van der Waals surface area contributed by atoms with Crippen molar-refractivity contribution in [3.63, 3.8) is 0 Å². The Labute approximate surface area is 96.9 Å². The second-order valence-corrected chi connectivity index (χ2v) is 5.04. The van der Waals surface area contributed by atoms with Gasteiger partial charge >= 0.3 is 7.82 Å². The number of halogens is 1. The van der Waals surface area contributed by atoms with Gasteiger partial charge in [0.25, 0.3) is 0 Å². The van der Waals surface area contributed by atoms with Crippen molar-refractivity contribution in [1.82, 2.24) is 0 Å². The fraction of sp³-hybridized carbons (Fsp3) is 1.00. The fourth-order valence-electron chi connectivity index (χ4n) is 0.996. The number of phosphoric acid groups is 1. The standard InChI is InChI=1S/C9H19Cl.H3O4P/c1-3-5-7-9(10)8-6-4-2;1-5(2,3)4/h9H,3-8H2,1-2H3;(H3,1,2,3,4). The van der Waals surface area contributed by atoms with E-state index >= 15 is 0 Å². The van der Waals surface area contributed by atoms with Crippen LogP contribution in [0, 0.1) is 0 Å². The van der Waals surface area contributed by atoms with Gasteiger partial charge in [-0.25, -0.2) is 4.57 Å². The third-order valence-corrected chi connectivity index (χ3v) is 2.18. The highest BCUT2D eigenvalue weighted by molar-refractivity contribution is 7.45. The lowest BCUT2D eigenvalue weighted by molar-refractivity contribution is 0.275. The van der Waals surface area contributed by atoms with Crippen molar-refractivity contribution in [3.05, 3.63) is 0 Å². The van der Waals surface area contributed by atoms with Gasteiger partial charge in [-0.1, -0.05) is 39.5 Å². The first-order valence-corrected chi connectivity index (χ1v) is 7.23. The Bertz CT molecular complexity index is 155. The number of unbranched alkanes of at least 4 members (excludes halogenated alkanes) is 2. The number of hydrogen-bond donors (Lipinski definition) is 3. The van der Waals surface area contributed by atoms with Gasteiger partial charge < -0.3 is 14.7 Å². The summed E-state index contributed by atoms with van der Waals surface area (Å²) in [4.78, 5) is 21.6. The van der Waals surface area contributed by atoms with E-state index in [4.69, 9.17) is 30.8 Å². The van der Waals surface area contributed by atoms with E-state index in [1.807, 2.05) is 0 Å². The van der Waals surface area contributed by atoms with Crippen LogP contribution in [0.5, 0.6) is 0 Å². The molecular weight excluding hydrogens is 239 g/mol. The largest absolute Gasteiger partial charge is 0.466 e. The molecule has 0 fully saturated rings. The SMILES string of the molecule is CCCCC(Cl)CCCC.O=P(O)(O)O. The summed E-state index contributed by atoms with van der Waals surface area (Å²) in [7, 11) is -4.64. The molecule has 0 aliphatic rings. The molecule has 0 radical (unpaired) electrons. The Morgan fingerprint density at radius 1 is 1.07 bits per heavy atom. The molecule has 0 bridgehead atoms. The van der Waals surface area contributed by atoms with Crippen LogP contribution < -0.4 is 0 Å². The van der Waals surface area contributed by atoms with Crippen molar-refractivity contribution < 1.29 is 19.2 Å². The van der Waals surface area contributed by atoms with Gasteiger partial charge in [-0.3, -0.25) is 0 Å². The van der Waals surface area contributed by atoms with Crippen LogP contribution in [0.4, 0.5) is 0 Å². The van der Waals surface area contributed by atoms with E-state index in [0.717, 1.165) is 0 Å². The van der Waals surface area contributed by atoms with Crippen molar-refractivity contribution >= 4 is 19.4 Å². The maximum absolute atomic E-state index is 8.88. The first-order chi connectivity index (χ1) is 6.81.